The second-order valence-corrected chi connectivity index (χ2v) is 5.67. The van der Waals surface area contributed by atoms with Gasteiger partial charge in [0.15, 0.2) is 0 Å². The Morgan fingerprint density at radius 2 is 1.74 bits per heavy atom. The van der Waals surface area contributed by atoms with Gasteiger partial charge in [-0.3, -0.25) is 4.79 Å². The Hall–Kier alpha value is -1.51. The summed E-state index contributed by atoms with van der Waals surface area (Å²) in [6, 6.07) is 6.55. The molecule has 0 unspecified atom stereocenters. The third kappa shape index (κ3) is 2.46. The SMILES string of the molecule is Cc1cc(N2CCCC2)ccc1N1CCCCC1=O. The van der Waals surface area contributed by atoms with Gasteiger partial charge in [-0.05, 0) is 56.4 Å². The van der Waals surface area contributed by atoms with Gasteiger partial charge in [-0.1, -0.05) is 0 Å². The van der Waals surface area contributed by atoms with Crippen molar-refractivity contribution in [1.82, 2.24) is 0 Å². The predicted molar refractivity (Wildman–Crippen MR) is 78.8 cm³/mol. The van der Waals surface area contributed by atoms with Crippen molar-refractivity contribution in [2.45, 2.75) is 39.0 Å². The van der Waals surface area contributed by atoms with E-state index in [1.807, 2.05) is 4.90 Å². The van der Waals surface area contributed by atoms with Crippen molar-refractivity contribution < 1.29 is 4.79 Å². The van der Waals surface area contributed by atoms with Gasteiger partial charge < -0.3 is 9.80 Å². The summed E-state index contributed by atoms with van der Waals surface area (Å²) in [6.07, 6.45) is 5.46. The number of hydrogen-bond donors (Lipinski definition) is 0. The molecule has 3 rings (SSSR count). The van der Waals surface area contributed by atoms with Crippen LogP contribution in [0.2, 0.25) is 0 Å². The average molecular weight is 258 g/mol. The minimum atomic E-state index is 0.281. The van der Waals surface area contributed by atoms with Crippen LogP contribution < -0.4 is 9.80 Å². The zero-order valence-electron chi connectivity index (χ0n) is 11.7. The second kappa shape index (κ2) is 5.24. The van der Waals surface area contributed by atoms with Gasteiger partial charge in [-0.25, -0.2) is 0 Å². The summed E-state index contributed by atoms with van der Waals surface area (Å²) in [5.74, 6) is 0.281. The normalized spacial score (nSPS) is 20.2. The lowest BCUT2D eigenvalue weighted by Crippen LogP contribution is -2.35. The van der Waals surface area contributed by atoms with Crippen molar-refractivity contribution in [1.29, 1.82) is 0 Å². The fourth-order valence-corrected chi connectivity index (χ4v) is 3.18. The monoisotopic (exact) mass is 258 g/mol. The predicted octanol–water partition coefficient (Wildman–Crippen LogP) is 3.11. The number of aryl methyl sites for hydroxylation is 1. The molecule has 2 heterocycles. The molecular formula is C16H22N2O. The molecular weight excluding hydrogens is 236 g/mol. The molecule has 3 nitrogen and oxygen atoms in total. The van der Waals surface area contributed by atoms with Crippen molar-refractivity contribution in [3.05, 3.63) is 23.8 Å². The Labute approximate surface area is 115 Å². The molecule has 0 aliphatic carbocycles. The molecule has 19 heavy (non-hydrogen) atoms. The molecule has 2 saturated heterocycles. The van der Waals surface area contributed by atoms with Crippen LogP contribution >= 0.6 is 0 Å². The second-order valence-electron chi connectivity index (χ2n) is 5.67. The first-order valence-electron chi connectivity index (χ1n) is 7.42. The largest absolute Gasteiger partial charge is 0.372 e. The Morgan fingerprint density at radius 1 is 1.00 bits per heavy atom. The van der Waals surface area contributed by atoms with Gasteiger partial charge in [0, 0.05) is 37.4 Å². The van der Waals surface area contributed by atoms with E-state index in [9.17, 15) is 4.79 Å². The summed E-state index contributed by atoms with van der Waals surface area (Å²) in [5, 5.41) is 0. The Balaban J connectivity index is 1.84. The molecule has 2 aliphatic rings. The number of amides is 1. The molecule has 0 radical (unpaired) electrons. The van der Waals surface area contributed by atoms with Gasteiger partial charge in [0.05, 0.1) is 0 Å². The Kier molecular flexibility index (Phi) is 3.45. The van der Waals surface area contributed by atoms with Crippen LogP contribution in [0.15, 0.2) is 18.2 Å². The fraction of sp³-hybridized carbons (Fsp3) is 0.562. The smallest absolute Gasteiger partial charge is 0.226 e. The maximum atomic E-state index is 12.0. The van der Waals surface area contributed by atoms with E-state index in [4.69, 9.17) is 0 Å². The molecule has 0 N–H and O–H groups in total. The highest BCUT2D eigenvalue weighted by molar-refractivity contribution is 5.95. The number of benzene rings is 1. The molecule has 1 aromatic rings. The molecule has 1 amide bonds. The van der Waals surface area contributed by atoms with Crippen LogP contribution in [-0.4, -0.2) is 25.5 Å². The number of rotatable bonds is 2. The van der Waals surface area contributed by atoms with Crippen molar-refractivity contribution in [2.75, 3.05) is 29.4 Å². The van der Waals surface area contributed by atoms with Gasteiger partial charge >= 0.3 is 0 Å². The first-order valence-corrected chi connectivity index (χ1v) is 7.42. The number of nitrogens with zero attached hydrogens (tertiary/aromatic N) is 2. The lowest BCUT2D eigenvalue weighted by molar-refractivity contribution is -0.119. The number of carbonyl (C=O) groups is 1. The quantitative estimate of drug-likeness (QED) is 0.813. The highest BCUT2D eigenvalue weighted by Crippen LogP contribution is 2.29. The molecule has 2 fully saturated rings. The van der Waals surface area contributed by atoms with Gasteiger partial charge in [0.1, 0.15) is 0 Å². The molecule has 0 atom stereocenters. The van der Waals surface area contributed by atoms with Crippen LogP contribution in [0.1, 0.15) is 37.7 Å². The third-order valence-electron chi connectivity index (χ3n) is 4.27. The molecule has 0 spiro atoms. The number of piperidine rings is 1. The molecule has 0 saturated carbocycles. The highest BCUT2D eigenvalue weighted by Gasteiger charge is 2.21. The third-order valence-corrected chi connectivity index (χ3v) is 4.27. The van der Waals surface area contributed by atoms with Crippen LogP contribution in [0.3, 0.4) is 0 Å². The summed E-state index contributed by atoms with van der Waals surface area (Å²) in [6.45, 7) is 5.34. The lowest BCUT2D eigenvalue weighted by atomic mass is 10.1. The van der Waals surface area contributed by atoms with Crippen LogP contribution in [0.25, 0.3) is 0 Å². The lowest BCUT2D eigenvalue weighted by Gasteiger charge is -2.29. The van der Waals surface area contributed by atoms with E-state index in [1.54, 1.807) is 0 Å². The Bertz CT molecular complexity index is 478. The summed E-state index contributed by atoms with van der Waals surface area (Å²) < 4.78 is 0. The van der Waals surface area contributed by atoms with E-state index in [2.05, 4.69) is 30.0 Å². The molecule has 3 heteroatoms. The number of anilines is 2. The summed E-state index contributed by atoms with van der Waals surface area (Å²) in [4.78, 5) is 16.4. The zero-order chi connectivity index (χ0) is 13.2. The van der Waals surface area contributed by atoms with Crippen LogP contribution in [-0.2, 0) is 4.79 Å². The number of hydrogen-bond acceptors (Lipinski definition) is 2. The topological polar surface area (TPSA) is 23.6 Å². The number of carbonyl (C=O) groups excluding carboxylic acids is 1. The van der Waals surface area contributed by atoms with Crippen molar-refractivity contribution in [2.24, 2.45) is 0 Å². The van der Waals surface area contributed by atoms with Gasteiger partial charge in [0.25, 0.3) is 0 Å². The average Bonchev–Trinajstić information content (AvgIpc) is 2.94. The fourth-order valence-electron chi connectivity index (χ4n) is 3.18. The highest BCUT2D eigenvalue weighted by atomic mass is 16.2. The van der Waals surface area contributed by atoms with E-state index in [0.717, 1.165) is 25.1 Å². The Morgan fingerprint density at radius 3 is 2.42 bits per heavy atom. The van der Waals surface area contributed by atoms with Gasteiger partial charge in [0.2, 0.25) is 5.91 Å². The minimum Gasteiger partial charge on any atom is -0.372 e. The van der Waals surface area contributed by atoms with E-state index >= 15 is 0 Å². The minimum absolute atomic E-state index is 0.281. The summed E-state index contributed by atoms with van der Waals surface area (Å²) >= 11 is 0. The summed E-state index contributed by atoms with van der Waals surface area (Å²) in [5.41, 5.74) is 3.63. The van der Waals surface area contributed by atoms with Gasteiger partial charge in [-0.2, -0.15) is 0 Å². The van der Waals surface area contributed by atoms with Crippen LogP contribution in [0.5, 0.6) is 0 Å². The molecule has 2 aliphatic heterocycles. The summed E-state index contributed by atoms with van der Waals surface area (Å²) in [7, 11) is 0. The first-order chi connectivity index (χ1) is 9.25. The van der Waals surface area contributed by atoms with E-state index in [0.29, 0.717) is 6.42 Å². The maximum Gasteiger partial charge on any atom is 0.226 e. The van der Waals surface area contributed by atoms with Crippen molar-refractivity contribution in [3.63, 3.8) is 0 Å². The van der Waals surface area contributed by atoms with E-state index < -0.39 is 0 Å². The van der Waals surface area contributed by atoms with E-state index in [1.165, 1.54) is 37.2 Å². The van der Waals surface area contributed by atoms with E-state index in [-0.39, 0.29) is 5.91 Å². The van der Waals surface area contributed by atoms with Crippen LogP contribution in [0, 0.1) is 6.92 Å². The van der Waals surface area contributed by atoms with Crippen LogP contribution in [0.4, 0.5) is 11.4 Å². The maximum absolute atomic E-state index is 12.0. The molecule has 1 aromatic carbocycles. The molecule has 0 aromatic heterocycles. The molecule has 102 valence electrons. The zero-order valence-corrected chi connectivity index (χ0v) is 11.7. The van der Waals surface area contributed by atoms with Gasteiger partial charge in [-0.15, -0.1) is 0 Å². The standard InChI is InChI=1S/C16H22N2O/c1-13-12-14(17-9-4-5-10-17)7-8-15(13)18-11-3-2-6-16(18)19/h7-8,12H,2-6,9-11H2,1H3. The first kappa shape index (κ1) is 12.5. The molecule has 0 bridgehead atoms. The van der Waals surface area contributed by atoms with Crippen molar-refractivity contribution in [3.8, 4) is 0 Å². The van der Waals surface area contributed by atoms with Crippen molar-refractivity contribution >= 4 is 17.3 Å².